The Hall–Kier alpha value is -3.96. The molecule has 2 heterocycles. The van der Waals surface area contributed by atoms with E-state index in [0.717, 1.165) is 48.9 Å². The van der Waals surface area contributed by atoms with Crippen LogP contribution >= 0.6 is 0 Å². The fourth-order valence-electron chi connectivity index (χ4n) is 8.12. The summed E-state index contributed by atoms with van der Waals surface area (Å²) in [5, 5.41) is 8.83. The van der Waals surface area contributed by atoms with Gasteiger partial charge in [0, 0.05) is 30.1 Å². The van der Waals surface area contributed by atoms with Crippen LogP contribution in [0.5, 0.6) is 0 Å². The van der Waals surface area contributed by atoms with Gasteiger partial charge in [-0.25, -0.2) is 4.79 Å². The molecular formula is C39H43N3O2. The average Bonchev–Trinajstić information content (AvgIpc) is 3.60. The van der Waals surface area contributed by atoms with E-state index in [9.17, 15) is 9.59 Å². The van der Waals surface area contributed by atoms with Crippen molar-refractivity contribution in [2.24, 2.45) is 5.92 Å². The van der Waals surface area contributed by atoms with Crippen molar-refractivity contribution >= 4 is 22.6 Å². The predicted octanol–water partition coefficient (Wildman–Crippen LogP) is 8.47. The zero-order chi connectivity index (χ0) is 30.0. The van der Waals surface area contributed by atoms with Crippen molar-refractivity contribution in [3.05, 3.63) is 119 Å². The molecule has 2 fully saturated rings. The molecule has 4 aromatic rings. The minimum Gasteiger partial charge on any atom is -0.335 e. The van der Waals surface area contributed by atoms with E-state index in [1.165, 1.54) is 41.2 Å². The van der Waals surface area contributed by atoms with Gasteiger partial charge in [-0.3, -0.25) is 9.69 Å². The van der Waals surface area contributed by atoms with Gasteiger partial charge in [0.1, 0.15) is 0 Å². The summed E-state index contributed by atoms with van der Waals surface area (Å²) < 4.78 is 0. The number of rotatable bonds is 9. The summed E-state index contributed by atoms with van der Waals surface area (Å²) in [6.07, 6.45) is 8.49. The summed E-state index contributed by atoms with van der Waals surface area (Å²) in [4.78, 5) is 28.7. The van der Waals surface area contributed by atoms with Crippen LogP contribution in [0.25, 0.3) is 10.8 Å². The van der Waals surface area contributed by atoms with Gasteiger partial charge in [0.2, 0.25) is 0 Å². The number of nitrogens with zero attached hydrogens (tertiary/aromatic N) is 1. The highest BCUT2D eigenvalue weighted by atomic mass is 16.2. The first-order valence-electron chi connectivity index (χ1n) is 16.5. The maximum atomic E-state index is 13.0. The zero-order valence-corrected chi connectivity index (χ0v) is 25.7. The maximum Gasteiger partial charge on any atom is 0.315 e. The van der Waals surface area contributed by atoms with Crippen molar-refractivity contribution in [3.63, 3.8) is 0 Å². The Labute approximate surface area is 261 Å². The summed E-state index contributed by atoms with van der Waals surface area (Å²) in [5.74, 6) is 0.909. The quantitative estimate of drug-likeness (QED) is 0.194. The molecule has 5 nitrogen and oxygen atoms in total. The molecule has 226 valence electrons. The van der Waals surface area contributed by atoms with Gasteiger partial charge in [-0.15, -0.1) is 0 Å². The summed E-state index contributed by atoms with van der Waals surface area (Å²) in [7, 11) is 0. The van der Waals surface area contributed by atoms with Crippen LogP contribution in [0.1, 0.15) is 103 Å². The Morgan fingerprint density at radius 2 is 1.52 bits per heavy atom. The Bertz CT molecular complexity index is 1640. The molecule has 7 rings (SSSR count). The number of carbonyl (C=O) groups is 2. The summed E-state index contributed by atoms with van der Waals surface area (Å²) in [6, 6.07) is 32.2. The number of nitrogens with one attached hydrogen (secondary N) is 2. The zero-order valence-electron chi connectivity index (χ0n) is 25.7. The maximum absolute atomic E-state index is 13.0. The van der Waals surface area contributed by atoms with E-state index >= 15 is 0 Å². The van der Waals surface area contributed by atoms with Crippen LogP contribution in [0, 0.1) is 5.92 Å². The SMILES string of the molecule is C[C@@H](NC(=O)N[C@H]1CC[C@H](CCN2[C@@H]3CC[C@H]2c2ccc(C(=O)Cc4ccccc4)cc23)CC1)c1cccc2ccccc12. The number of ketones is 1. The van der Waals surface area contributed by atoms with Crippen molar-refractivity contribution in [2.45, 2.75) is 82.5 Å². The largest absolute Gasteiger partial charge is 0.335 e. The highest BCUT2D eigenvalue weighted by molar-refractivity contribution is 5.97. The number of hydrogen-bond acceptors (Lipinski definition) is 3. The number of benzene rings is 4. The smallest absolute Gasteiger partial charge is 0.315 e. The third kappa shape index (κ3) is 5.90. The molecule has 0 unspecified atom stereocenters. The van der Waals surface area contributed by atoms with Gasteiger partial charge in [0.05, 0.1) is 6.04 Å². The van der Waals surface area contributed by atoms with Gasteiger partial charge in [0.25, 0.3) is 0 Å². The molecule has 0 radical (unpaired) electrons. The van der Waals surface area contributed by atoms with Crippen molar-refractivity contribution in [2.75, 3.05) is 6.54 Å². The summed E-state index contributed by atoms with van der Waals surface area (Å²) >= 11 is 0. The molecule has 2 aliphatic heterocycles. The van der Waals surface area contributed by atoms with Crippen molar-refractivity contribution in [3.8, 4) is 0 Å². The highest BCUT2D eigenvalue weighted by Crippen LogP contribution is 2.53. The molecular weight excluding hydrogens is 542 g/mol. The molecule has 2 amide bonds. The lowest BCUT2D eigenvalue weighted by molar-refractivity contribution is 0.0992. The van der Waals surface area contributed by atoms with Gasteiger partial charge >= 0.3 is 6.03 Å². The normalized spacial score (nSPS) is 23.3. The fraction of sp³-hybridized carbons (Fsp3) is 0.385. The molecule has 0 aromatic heterocycles. The van der Waals surface area contributed by atoms with E-state index < -0.39 is 0 Å². The number of hydrogen-bond donors (Lipinski definition) is 2. The second-order valence-corrected chi connectivity index (χ2v) is 13.2. The summed E-state index contributed by atoms with van der Waals surface area (Å²) in [5.41, 5.74) is 5.89. The predicted molar refractivity (Wildman–Crippen MR) is 177 cm³/mol. The Morgan fingerprint density at radius 3 is 2.34 bits per heavy atom. The third-order valence-electron chi connectivity index (χ3n) is 10.5. The molecule has 3 aliphatic rings. The van der Waals surface area contributed by atoms with Gasteiger partial charge in [0.15, 0.2) is 5.78 Å². The highest BCUT2D eigenvalue weighted by Gasteiger charge is 2.43. The average molecular weight is 586 g/mol. The Kier molecular flexibility index (Phi) is 8.22. The first-order valence-corrected chi connectivity index (χ1v) is 16.5. The molecule has 2 N–H and O–H groups in total. The van der Waals surface area contributed by atoms with E-state index in [1.807, 2.05) is 30.3 Å². The van der Waals surface area contributed by atoms with Gasteiger partial charge in [-0.05, 0) is 103 Å². The second kappa shape index (κ2) is 12.6. The standard InChI is InChI=1S/C39H43N3O2/c1-26(32-13-7-11-29-10-5-6-12-33(29)32)40-39(44)41-31-17-14-27(15-18-31)22-23-42-36-20-21-37(42)35-25-30(16-19-34(35)36)38(43)24-28-8-3-2-4-9-28/h2-13,16,19,25-27,31,36-37H,14-15,17-18,20-24H2,1H3,(H2,40,41,44)/t26-,27-,31-,36+,37-/m1/s1. The molecule has 1 aliphatic carbocycles. The van der Waals surface area contributed by atoms with Crippen LogP contribution in [0.15, 0.2) is 91.0 Å². The molecule has 44 heavy (non-hydrogen) atoms. The topological polar surface area (TPSA) is 61.4 Å². The number of amides is 2. The number of urea groups is 1. The van der Waals surface area contributed by atoms with E-state index in [2.05, 4.69) is 83.1 Å². The van der Waals surface area contributed by atoms with E-state index in [-0.39, 0.29) is 23.9 Å². The number of fused-ring (bicyclic) bond motifs is 6. The molecule has 3 atom stereocenters. The first kappa shape index (κ1) is 28.8. The van der Waals surface area contributed by atoms with Crippen molar-refractivity contribution < 1.29 is 9.59 Å². The molecule has 4 aromatic carbocycles. The molecule has 0 spiro atoms. The van der Waals surface area contributed by atoms with E-state index in [1.54, 1.807) is 0 Å². The minimum atomic E-state index is -0.0677. The molecule has 1 saturated heterocycles. The van der Waals surface area contributed by atoms with Gasteiger partial charge in [-0.2, -0.15) is 0 Å². The van der Waals surface area contributed by atoms with Crippen LogP contribution in [-0.4, -0.2) is 29.3 Å². The lowest BCUT2D eigenvalue weighted by Gasteiger charge is -2.31. The monoisotopic (exact) mass is 585 g/mol. The molecule has 5 heteroatoms. The lowest BCUT2D eigenvalue weighted by atomic mass is 9.84. The third-order valence-corrected chi connectivity index (χ3v) is 10.5. The summed E-state index contributed by atoms with van der Waals surface area (Å²) in [6.45, 7) is 3.18. The molecule has 1 saturated carbocycles. The molecule has 2 bridgehead atoms. The van der Waals surface area contributed by atoms with Crippen LogP contribution in [0.4, 0.5) is 4.79 Å². The first-order chi connectivity index (χ1) is 21.5. The number of Topliss-reactive ketones (excluding diaryl/α,β-unsaturated/α-hetero) is 1. The van der Waals surface area contributed by atoms with Crippen molar-refractivity contribution in [1.82, 2.24) is 15.5 Å². The second-order valence-electron chi connectivity index (χ2n) is 13.2. The van der Waals surface area contributed by atoms with Gasteiger partial charge < -0.3 is 10.6 Å². The fourth-order valence-corrected chi connectivity index (χ4v) is 8.12. The van der Waals surface area contributed by atoms with Crippen LogP contribution < -0.4 is 10.6 Å². The number of carbonyl (C=O) groups excluding carboxylic acids is 2. The van der Waals surface area contributed by atoms with Gasteiger partial charge in [-0.1, -0.05) is 84.9 Å². The van der Waals surface area contributed by atoms with E-state index in [0.29, 0.717) is 24.4 Å². The van der Waals surface area contributed by atoms with Crippen LogP contribution in [0.3, 0.4) is 0 Å². The minimum absolute atomic E-state index is 0.0598. The van der Waals surface area contributed by atoms with Crippen LogP contribution in [0.2, 0.25) is 0 Å². The van der Waals surface area contributed by atoms with E-state index in [4.69, 9.17) is 0 Å². The lowest BCUT2D eigenvalue weighted by Crippen LogP contribution is -2.44. The Balaban J connectivity index is 0.884. The Morgan fingerprint density at radius 1 is 0.795 bits per heavy atom. The van der Waals surface area contributed by atoms with Crippen LogP contribution in [-0.2, 0) is 6.42 Å². The van der Waals surface area contributed by atoms with Crippen molar-refractivity contribution in [1.29, 1.82) is 0 Å².